The highest BCUT2D eigenvalue weighted by molar-refractivity contribution is 5.98. The first-order chi connectivity index (χ1) is 15.3. The van der Waals surface area contributed by atoms with Crippen LogP contribution in [0, 0.1) is 12.8 Å². The average Bonchev–Trinajstić information content (AvgIpc) is 3.18. The number of anilines is 1. The summed E-state index contributed by atoms with van der Waals surface area (Å²) in [6, 6.07) is 5.33. The second-order valence-electron chi connectivity index (χ2n) is 7.98. The van der Waals surface area contributed by atoms with Gasteiger partial charge >= 0.3 is 0 Å². The predicted molar refractivity (Wildman–Crippen MR) is 115 cm³/mol. The van der Waals surface area contributed by atoms with Gasteiger partial charge in [-0.3, -0.25) is 19.0 Å². The second kappa shape index (κ2) is 7.15. The van der Waals surface area contributed by atoms with Gasteiger partial charge in [0.2, 0.25) is 5.91 Å². The maximum absolute atomic E-state index is 13.2. The molecule has 4 aromatic heterocycles. The van der Waals surface area contributed by atoms with Crippen molar-refractivity contribution in [1.82, 2.24) is 19.4 Å². The highest BCUT2D eigenvalue weighted by Gasteiger charge is 2.61. The van der Waals surface area contributed by atoms with E-state index < -0.39 is 24.2 Å². The number of carbonyl (C=O) groups excluding carboxylic acids is 2. The molecule has 7 nitrogen and oxygen atoms in total. The van der Waals surface area contributed by atoms with Gasteiger partial charge in [0.15, 0.2) is 5.78 Å². The van der Waals surface area contributed by atoms with Gasteiger partial charge in [-0.15, -0.1) is 0 Å². The zero-order valence-electron chi connectivity index (χ0n) is 17.4. The van der Waals surface area contributed by atoms with Crippen molar-refractivity contribution in [1.29, 1.82) is 0 Å². The quantitative estimate of drug-likeness (QED) is 0.468. The number of hydrogen-bond acceptors (Lipinski definition) is 5. The van der Waals surface area contributed by atoms with E-state index >= 15 is 0 Å². The summed E-state index contributed by atoms with van der Waals surface area (Å²) in [5, 5.41) is 3.25. The van der Waals surface area contributed by atoms with Crippen LogP contribution in [0.1, 0.15) is 35.8 Å². The molecule has 1 amide bonds. The van der Waals surface area contributed by atoms with Crippen molar-refractivity contribution in [2.24, 2.45) is 5.92 Å². The van der Waals surface area contributed by atoms with Crippen molar-refractivity contribution in [3.63, 3.8) is 0 Å². The van der Waals surface area contributed by atoms with Crippen molar-refractivity contribution >= 4 is 34.1 Å². The van der Waals surface area contributed by atoms with E-state index in [9.17, 15) is 18.4 Å². The molecule has 0 bridgehead atoms. The average molecular weight is 435 g/mol. The fraction of sp³-hybridized carbons (Fsp3) is 0.261. The molecule has 0 spiro atoms. The molecule has 162 valence electrons. The van der Waals surface area contributed by atoms with Crippen molar-refractivity contribution in [2.75, 3.05) is 5.32 Å². The maximum Gasteiger partial charge on any atom is 0.260 e. The van der Waals surface area contributed by atoms with Crippen LogP contribution >= 0.6 is 0 Å². The first-order valence-corrected chi connectivity index (χ1v) is 10.2. The van der Waals surface area contributed by atoms with Gasteiger partial charge in [-0.05, 0) is 24.6 Å². The summed E-state index contributed by atoms with van der Waals surface area (Å²) in [6.45, 7) is 3.71. The van der Waals surface area contributed by atoms with E-state index in [1.165, 1.54) is 0 Å². The van der Waals surface area contributed by atoms with E-state index in [1.54, 1.807) is 43.8 Å². The number of nitrogens with one attached hydrogen (secondary N) is 1. The Bertz CT molecular complexity index is 1410. The highest BCUT2D eigenvalue weighted by atomic mass is 19.3. The Hall–Kier alpha value is -3.75. The molecule has 0 radical (unpaired) electrons. The monoisotopic (exact) mass is 435 g/mol. The van der Waals surface area contributed by atoms with Crippen LogP contribution in [0.4, 0.5) is 14.6 Å². The predicted octanol–water partition coefficient (Wildman–Crippen LogP) is 4.44. The fourth-order valence-corrected chi connectivity index (χ4v) is 3.84. The molecule has 1 atom stereocenters. The van der Waals surface area contributed by atoms with Gasteiger partial charge in [-0.25, -0.2) is 18.7 Å². The van der Waals surface area contributed by atoms with Gasteiger partial charge in [0.25, 0.3) is 5.92 Å². The minimum absolute atomic E-state index is 0.0214. The molecular weight excluding hydrogens is 416 g/mol. The molecule has 0 aliphatic heterocycles. The minimum atomic E-state index is -2.93. The van der Waals surface area contributed by atoms with Crippen LogP contribution in [0.5, 0.6) is 0 Å². The Labute approximate surface area is 181 Å². The van der Waals surface area contributed by atoms with Gasteiger partial charge in [0.1, 0.15) is 23.1 Å². The number of halogens is 2. The largest absolute Gasteiger partial charge is 0.310 e. The Kier molecular flexibility index (Phi) is 4.51. The van der Waals surface area contributed by atoms with Crippen LogP contribution in [0.3, 0.4) is 0 Å². The van der Waals surface area contributed by atoms with Crippen LogP contribution in [0.25, 0.3) is 27.7 Å². The molecule has 5 rings (SSSR count). The van der Waals surface area contributed by atoms with Crippen LogP contribution in [-0.4, -0.2) is 37.0 Å². The van der Waals surface area contributed by atoms with Crippen molar-refractivity contribution in [2.45, 2.75) is 32.6 Å². The molecule has 1 aliphatic carbocycles. The van der Waals surface area contributed by atoms with Gasteiger partial charge in [0.05, 0.1) is 5.52 Å². The number of pyridine rings is 3. The number of nitrogens with zero attached hydrogens (tertiary/aromatic N) is 4. The van der Waals surface area contributed by atoms with Gasteiger partial charge < -0.3 is 5.32 Å². The van der Waals surface area contributed by atoms with Crippen LogP contribution < -0.4 is 5.32 Å². The SMILES string of the molecule is CCC(=O)c1cc(C)c(-c2cc3cnc(NC(=O)C4CC4(F)F)cc3n3ccnc23)cn1. The number of alkyl halides is 2. The number of aromatic nitrogens is 4. The topological polar surface area (TPSA) is 89.2 Å². The third-order valence-corrected chi connectivity index (χ3v) is 5.75. The van der Waals surface area contributed by atoms with Gasteiger partial charge in [0, 0.05) is 60.2 Å². The third kappa shape index (κ3) is 3.30. The van der Waals surface area contributed by atoms with Crippen molar-refractivity contribution in [3.8, 4) is 11.1 Å². The van der Waals surface area contributed by atoms with Crippen LogP contribution in [0.15, 0.2) is 43.0 Å². The number of amides is 1. The molecule has 1 fully saturated rings. The third-order valence-electron chi connectivity index (χ3n) is 5.75. The zero-order valence-corrected chi connectivity index (χ0v) is 17.4. The molecule has 1 saturated carbocycles. The first-order valence-electron chi connectivity index (χ1n) is 10.2. The van der Waals surface area contributed by atoms with Crippen LogP contribution in [-0.2, 0) is 4.79 Å². The summed E-state index contributed by atoms with van der Waals surface area (Å²) >= 11 is 0. The highest BCUT2D eigenvalue weighted by Crippen LogP contribution is 2.49. The molecule has 4 aromatic rings. The van der Waals surface area contributed by atoms with Crippen molar-refractivity contribution in [3.05, 3.63) is 54.2 Å². The Balaban J connectivity index is 1.57. The molecule has 32 heavy (non-hydrogen) atoms. The molecule has 1 unspecified atom stereocenters. The lowest BCUT2D eigenvalue weighted by Gasteiger charge is -2.12. The number of fused-ring (bicyclic) bond motifs is 3. The second-order valence-corrected chi connectivity index (χ2v) is 7.98. The summed E-state index contributed by atoms with van der Waals surface area (Å²) in [5.41, 5.74) is 4.36. The summed E-state index contributed by atoms with van der Waals surface area (Å²) in [7, 11) is 0. The number of aryl methyl sites for hydroxylation is 1. The number of hydrogen-bond donors (Lipinski definition) is 1. The summed E-state index contributed by atoms with van der Waals surface area (Å²) < 4.78 is 28.2. The fourth-order valence-electron chi connectivity index (χ4n) is 3.84. The van der Waals surface area contributed by atoms with Crippen LogP contribution in [0.2, 0.25) is 0 Å². The van der Waals surface area contributed by atoms with E-state index in [0.29, 0.717) is 17.8 Å². The molecular formula is C23H19F2N5O2. The molecule has 4 heterocycles. The Morgan fingerprint density at radius 1 is 1.16 bits per heavy atom. The summed E-state index contributed by atoms with van der Waals surface area (Å²) in [6.07, 6.45) is 6.63. The number of rotatable bonds is 5. The Morgan fingerprint density at radius 3 is 2.62 bits per heavy atom. The minimum Gasteiger partial charge on any atom is -0.310 e. The number of Topliss-reactive ketones (excluding diaryl/α,β-unsaturated/α-hetero) is 1. The smallest absolute Gasteiger partial charge is 0.260 e. The normalized spacial score (nSPS) is 16.9. The van der Waals surface area contributed by atoms with E-state index in [4.69, 9.17) is 0 Å². The van der Waals surface area contributed by atoms with Gasteiger partial charge in [-0.2, -0.15) is 0 Å². The number of imidazole rings is 1. The number of carbonyl (C=O) groups is 2. The molecule has 0 aromatic carbocycles. The lowest BCUT2D eigenvalue weighted by molar-refractivity contribution is -0.119. The summed E-state index contributed by atoms with van der Waals surface area (Å²) in [4.78, 5) is 37.1. The first kappa shape index (κ1) is 20.2. The lowest BCUT2D eigenvalue weighted by Crippen LogP contribution is -2.18. The van der Waals surface area contributed by atoms with E-state index in [2.05, 4.69) is 20.3 Å². The molecule has 1 aliphatic rings. The molecule has 9 heteroatoms. The number of ketones is 1. The van der Waals surface area contributed by atoms with E-state index in [-0.39, 0.29) is 11.6 Å². The zero-order chi connectivity index (χ0) is 22.6. The molecule has 1 N–H and O–H groups in total. The van der Waals surface area contributed by atoms with E-state index in [0.717, 1.165) is 27.6 Å². The Morgan fingerprint density at radius 2 is 1.94 bits per heavy atom. The van der Waals surface area contributed by atoms with E-state index in [1.807, 2.05) is 17.4 Å². The summed E-state index contributed by atoms with van der Waals surface area (Å²) in [5.74, 6) is -4.78. The van der Waals surface area contributed by atoms with Gasteiger partial charge in [-0.1, -0.05) is 6.92 Å². The standard InChI is InChI=1S/C23H19F2N5O2/c1-3-19(31)17-6-12(2)15(11-27-17)14-7-13-10-28-20(29-22(32)16-9-23(16,24)25)8-18(13)30-5-4-26-21(14)30/h4-8,10-11,16H,3,9H2,1-2H3,(H,28,29,32). The molecule has 0 saturated heterocycles. The lowest BCUT2D eigenvalue weighted by atomic mass is 10.0. The maximum atomic E-state index is 13.2. The van der Waals surface area contributed by atoms with Crippen molar-refractivity contribution < 1.29 is 18.4 Å².